The first kappa shape index (κ1) is 14.4. The molecule has 4 N–H and O–H groups in total. The van der Waals surface area contributed by atoms with Gasteiger partial charge in [-0.2, -0.15) is 0 Å². The van der Waals surface area contributed by atoms with E-state index in [1.165, 1.54) is 6.20 Å². The van der Waals surface area contributed by atoms with Gasteiger partial charge in [0.15, 0.2) is 0 Å². The number of aliphatic carboxylic acids is 1. The van der Waals surface area contributed by atoms with Crippen LogP contribution in [0.2, 0.25) is 0 Å². The van der Waals surface area contributed by atoms with Crippen LogP contribution in [0.3, 0.4) is 0 Å². The highest BCUT2D eigenvalue weighted by Gasteiger charge is 2.35. The molecule has 1 saturated heterocycles. The molecule has 108 valence electrons. The van der Waals surface area contributed by atoms with Crippen LogP contribution in [0.4, 0.5) is 5.69 Å². The molecule has 0 unspecified atom stereocenters. The van der Waals surface area contributed by atoms with Crippen molar-refractivity contribution in [3.8, 4) is 0 Å². The number of carboxylic acid groups (broad SMARTS) is 1. The zero-order chi connectivity index (χ0) is 14.6. The molecule has 7 heteroatoms. The van der Waals surface area contributed by atoms with Gasteiger partial charge in [0, 0.05) is 13.2 Å². The number of carboxylic acids is 1. The average molecular weight is 279 g/mol. The fourth-order valence-electron chi connectivity index (χ4n) is 1.98. The Hall–Kier alpha value is -1.99. The zero-order valence-electron chi connectivity index (χ0n) is 11.0. The number of ether oxygens (including phenoxy) is 1. The highest BCUT2D eigenvalue weighted by molar-refractivity contribution is 5.97. The van der Waals surface area contributed by atoms with Gasteiger partial charge in [0.2, 0.25) is 5.91 Å². The summed E-state index contributed by atoms with van der Waals surface area (Å²) in [5, 5.41) is 11.4. The molecule has 0 aliphatic carbocycles. The fraction of sp³-hybridized carbons (Fsp3) is 0.462. The van der Waals surface area contributed by atoms with Crippen LogP contribution in [0.5, 0.6) is 0 Å². The van der Waals surface area contributed by atoms with E-state index < -0.39 is 11.5 Å². The van der Waals surface area contributed by atoms with Crippen molar-refractivity contribution in [2.24, 2.45) is 5.73 Å². The lowest BCUT2D eigenvalue weighted by molar-refractivity contribution is -0.136. The highest BCUT2D eigenvalue weighted by Crippen LogP contribution is 2.20. The van der Waals surface area contributed by atoms with Gasteiger partial charge in [0.25, 0.3) is 0 Å². The minimum atomic E-state index is -0.947. The SMILES string of the molecule is NC1(C(=O)Nc2ccc(CC(=O)O)nc2)CCOCC1. The van der Waals surface area contributed by atoms with E-state index in [0.29, 0.717) is 37.4 Å². The molecular formula is C13H17N3O4. The molecule has 1 aliphatic rings. The van der Waals surface area contributed by atoms with E-state index in [1.807, 2.05) is 0 Å². The average Bonchev–Trinajstić information content (AvgIpc) is 2.41. The summed E-state index contributed by atoms with van der Waals surface area (Å²) < 4.78 is 5.19. The molecule has 2 rings (SSSR count). The molecule has 0 atom stereocenters. The summed E-state index contributed by atoms with van der Waals surface area (Å²) in [7, 11) is 0. The van der Waals surface area contributed by atoms with Gasteiger partial charge in [-0.15, -0.1) is 0 Å². The molecule has 20 heavy (non-hydrogen) atoms. The monoisotopic (exact) mass is 279 g/mol. The number of amides is 1. The predicted molar refractivity (Wildman–Crippen MR) is 71.2 cm³/mol. The molecule has 0 saturated carbocycles. The first-order chi connectivity index (χ1) is 9.49. The number of nitrogens with zero attached hydrogens (tertiary/aromatic N) is 1. The van der Waals surface area contributed by atoms with E-state index in [9.17, 15) is 9.59 Å². The van der Waals surface area contributed by atoms with Crippen LogP contribution in [-0.4, -0.2) is 40.7 Å². The summed E-state index contributed by atoms with van der Waals surface area (Å²) in [6, 6.07) is 3.18. The quantitative estimate of drug-likeness (QED) is 0.723. The Labute approximate surface area is 116 Å². The molecule has 1 aliphatic heterocycles. The van der Waals surface area contributed by atoms with Crippen molar-refractivity contribution in [1.29, 1.82) is 0 Å². The standard InChI is InChI=1S/C13H17N3O4/c14-13(3-5-20-6-4-13)12(19)16-10-2-1-9(15-8-10)7-11(17)18/h1-2,8H,3-7,14H2,(H,16,19)(H,17,18). The minimum Gasteiger partial charge on any atom is -0.481 e. The summed E-state index contributed by atoms with van der Waals surface area (Å²) in [5.74, 6) is -1.22. The molecule has 1 amide bonds. The van der Waals surface area contributed by atoms with Crippen molar-refractivity contribution >= 4 is 17.6 Å². The van der Waals surface area contributed by atoms with Gasteiger partial charge in [-0.05, 0) is 25.0 Å². The van der Waals surface area contributed by atoms with E-state index in [0.717, 1.165) is 0 Å². The molecular weight excluding hydrogens is 262 g/mol. The zero-order valence-corrected chi connectivity index (χ0v) is 11.0. The van der Waals surface area contributed by atoms with Crippen LogP contribution >= 0.6 is 0 Å². The molecule has 0 radical (unpaired) electrons. The number of rotatable bonds is 4. The molecule has 2 heterocycles. The first-order valence-corrected chi connectivity index (χ1v) is 6.34. The Bertz CT molecular complexity index is 495. The number of hydrogen-bond donors (Lipinski definition) is 3. The molecule has 1 aromatic rings. The molecule has 1 fully saturated rings. The summed E-state index contributed by atoms with van der Waals surface area (Å²) in [6.07, 6.45) is 2.23. The number of carbonyl (C=O) groups excluding carboxylic acids is 1. The number of aromatic nitrogens is 1. The third-order valence-electron chi connectivity index (χ3n) is 3.25. The maximum absolute atomic E-state index is 12.1. The first-order valence-electron chi connectivity index (χ1n) is 6.34. The smallest absolute Gasteiger partial charge is 0.309 e. The summed E-state index contributed by atoms with van der Waals surface area (Å²) in [4.78, 5) is 26.7. The van der Waals surface area contributed by atoms with Gasteiger partial charge in [0.05, 0.1) is 24.0 Å². The maximum atomic E-state index is 12.1. The fourth-order valence-corrected chi connectivity index (χ4v) is 1.98. The molecule has 0 spiro atoms. The molecule has 1 aromatic heterocycles. The van der Waals surface area contributed by atoms with Crippen molar-refractivity contribution in [1.82, 2.24) is 4.98 Å². The number of pyridine rings is 1. The largest absolute Gasteiger partial charge is 0.481 e. The van der Waals surface area contributed by atoms with E-state index in [-0.39, 0.29) is 12.3 Å². The topological polar surface area (TPSA) is 115 Å². The van der Waals surface area contributed by atoms with Crippen LogP contribution in [0, 0.1) is 0 Å². The summed E-state index contributed by atoms with van der Waals surface area (Å²) in [6.45, 7) is 0.944. The van der Waals surface area contributed by atoms with Gasteiger partial charge in [-0.3, -0.25) is 14.6 Å². The number of anilines is 1. The van der Waals surface area contributed by atoms with Crippen molar-refractivity contribution in [2.75, 3.05) is 18.5 Å². The van der Waals surface area contributed by atoms with Crippen LogP contribution in [-0.2, 0) is 20.7 Å². The van der Waals surface area contributed by atoms with Gasteiger partial charge >= 0.3 is 5.97 Å². The lowest BCUT2D eigenvalue weighted by Gasteiger charge is -2.31. The van der Waals surface area contributed by atoms with Crippen molar-refractivity contribution in [3.05, 3.63) is 24.0 Å². The van der Waals surface area contributed by atoms with Gasteiger partial charge in [-0.25, -0.2) is 0 Å². The van der Waals surface area contributed by atoms with E-state index >= 15 is 0 Å². The van der Waals surface area contributed by atoms with Crippen LogP contribution < -0.4 is 11.1 Å². The Morgan fingerprint density at radius 2 is 2.10 bits per heavy atom. The summed E-state index contributed by atoms with van der Waals surface area (Å²) >= 11 is 0. The third-order valence-corrected chi connectivity index (χ3v) is 3.25. The highest BCUT2D eigenvalue weighted by atomic mass is 16.5. The lowest BCUT2D eigenvalue weighted by Crippen LogP contribution is -2.54. The lowest BCUT2D eigenvalue weighted by atomic mass is 9.90. The molecule has 7 nitrogen and oxygen atoms in total. The van der Waals surface area contributed by atoms with E-state index in [2.05, 4.69) is 10.3 Å². The van der Waals surface area contributed by atoms with Gasteiger partial charge in [0.1, 0.15) is 5.54 Å². The van der Waals surface area contributed by atoms with Gasteiger partial charge in [-0.1, -0.05) is 0 Å². The molecule has 0 bridgehead atoms. The number of nitrogens with one attached hydrogen (secondary N) is 1. The summed E-state index contributed by atoms with van der Waals surface area (Å²) in [5.41, 5.74) is 6.07. The van der Waals surface area contributed by atoms with E-state index in [4.69, 9.17) is 15.6 Å². The Balaban J connectivity index is 1.98. The Morgan fingerprint density at radius 3 is 2.65 bits per heavy atom. The maximum Gasteiger partial charge on any atom is 0.309 e. The second-order valence-electron chi connectivity index (χ2n) is 4.83. The second-order valence-corrected chi connectivity index (χ2v) is 4.83. The van der Waals surface area contributed by atoms with Crippen LogP contribution in [0.1, 0.15) is 18.5 Å². The third kappa shape index (κ3) is 3.52. The predicted octanol–water partition coefficient (Wildman–Crippen LogP) is 0.155. The minimum absolute atomic E-state index is 0.146. The Kier molecular flexibility index (Phi) is 4.31. The second kappa shape index (κ2) is 5.98. The van der Waals surface area contributed by atoms with Crippen LogP contribution in [0.25, 0.3) is 0 Å². The normalized spacial score (nSPS) is 17.4. The van der Waals surface area contributed by atoms with E-state index in [1.54, 1.807) is 12.1 Å². The number of hydrogen-bond acceptors (Lipinski definition) is 5. The number of nitrogens with two attached hydrogens (primary N) is 1. The Morgan fingerprint density at radius 1 is 1.40 bits per heavy atom. The van der Waals surface area contributed by atoms with Crippen molar-refractivity contribution in [3.63, 3.8) is 0 Å². The number of carbonyl (C=O) groups is 2. The van der Waals surface area contributed by atoms with Crippen LogP contribution in [0.15, 0.2) is 18.3 Å². The molecule has 0 aromatic carbocycles. The van der Waals surface area contributed by atoms with Crippen molar-refractivity contribution < 1.29 is 19.4 Å². The van der Waals surface area contributed by atoms with Gasteiger partial charge < -0.3 is 20.9 Å². The van der Waals surface area contributed by atoms with Crippen molar-refractivity contribution in [2.45, 2.75) is 24.8 Å².